The van der Waals surface area contributed by atoms with Gasteiger partial charge in [0.2, 0.25) is 11.8 Å². The zero-order valence-electron chi connectivity index (χ0n) is 17.9. The van der Waals surface area contributed by atoms with Crippen LogP contribution in [0.2, 0.25) is 5.02 Å². The van der Waals surface area contributed by atoms with E-state index in [-0.39, 0.29) is 30.3 Å². The maximum atomic E-state index is 13.1. The molecule has 2 aliphatic rings. The number of nitrogens with one attached hydrogen (secondary N) is 1. The SMILES string of the molecule is COc1ccc(N2CCC(NC(=O)C3CC(=O)N(C)C3c3cccc(Cl)c3)CC2)cc1. The van der Waals surface area contributed by atoms with Crippen molar-refractivity contribution in [2.24, 2.45) is 5.92 Å². The molecule has 2 aliphatic heterocycles. The Bertz CT molecular complexity index is 941. The van der Waals surface area contributed by atoms with Crippen molar-refractivity contribution in [3.05, 3.63) is 59.1 Å². The molecule has 2 saturated heterocycles. The van der Waals surface area contributed by atoms with Gasteiger partial charge < -0.3 is 19.9 Å². The van der Waals surface area contributed by atoms with Crippen molar-refractivity contribution in [3.8, 4) is 5.75 Å². The molecule has 0 spiro atoms. The van der Waals surface area contributed by atoms with Crippen LogP contribution in [0, 0.1) is 5.92 Å². The third kappa shape index (κ3) is 4.64. The minimum atomic E-state index is -0.407. The molecule has 2 aromatic carbocycles. The van der Waals surface area contributed by atoms with E-state index in [2.05, 4.69) is 22.3 Å². The number of nitrogens with zero attached hydrogens (tertiary/aromatic N) is 2. The van der Waals surface area contributed by atoms with Gasteiger partial charge in [0.15, 0.2) is 0 Å². The maximum Gasteiger partial charge on any atom is 0.226 e. The van der Waals surface area contributed by atoms with E-state index in [1.54, 1.807) is 25.1 Å². The average Bonchev–Trinajstić information content (AvgIpc) is 3.09. The van der Waals surface area contributed by atoms with Gasteiger partial charge in [-0.25, -0.2) is 0 Å². The zero-order chi connectivity index (χ0) is 22.0. The van der Waals surface area contributed by atoms with Gasteiger partial charge in [0.1, 0.15) is 5.75 Å². The number of piperidine rings is 1. The second-order valence-electron chi connectivity index (χ2n) is 8.28. The normalized spacial score (nSPS) is 22.0. The van der Waals surface area contributed by atoms with Crippen LogP contribution in [0.3, 0.4) is 0 Å². The number of carbonyl (C=O) groups is 2. The van der Waals surface area contributed by atoms with Gasteiger partial charge in [-0.3, -0.25) is 9.59 Å². The van der Waals surface area contributed by atoms with Crippen molar-refractivity contribution in [1.82, 2.24) is 10.2 Å². The van der Waals surface area contributed by atoms with E-state index in [1.165, 1.54) is 0 Å². The molecule has 31 heavy (non-hydrogen) atoms. The lowest BCUT2D eigenvalue weighted by molar-refractivity contribution is -0.128. The molecule has 6 nitrogen and oxygen atoms in total. The van der Waals surface area contributed by atoms with E-state index in [0.29, 0.717) is 5.02 Å². The standard InChI is InChI=1S/C24H28ClN3O3/c1-27-22(29)15-21(23(27)16-4-3-5-17(25)14-16)24(30)26-18-10-12-28(13-11-18)19-6-8-20(31-2)9-7-19/h3-9,14,18,21,23H,10-13,15H2,1-2H3,(H,26,30). The molecule has 2 aromatic rings. The molecule has 164 valence electrons. The molecule has 2 fully saturated rings. The first-order valence-electron chi connectivity index (χ1n) is 10.7. The van der Waals surface area contributed by atoms with Crippen molar-refractivity contribution >= 4 is 29.1 Å². The Morgan fingerprint density at radius 3 is 2.48 bits per heavy atom. The summed E-state index contributed by atoms with van der Waals surface area (Å²) in [7, 11) is 3.42. The molecule has 7 heteroatoms. The molecule has 0 bridgehead atoms. The summed E-state index contributed by atoms with van der Waals surface area (Å²) in [5.41, 5.74) is 2.06. The Balaban J connectivity index is 1.38. The fraction of sp³-hybridized carbons (Fsp3) is 0.417. The summed E-state index contributed by atoms with van der Waals surface area (Å²) in [6.07, 6.45) is 1.97. The van der Waals surface area contributed by atoms with E-state index in [9.17, 15) is 9.59 Å². The van der Waals surface area contributed by atoms with Crippen LogP contribution in [0.5, 0.6) is 5.75 Å². The van der Waals surface area contributed by atoms with Crippen LogP contribution < -0.4 is 15.0 Å². The summed E-state index contributed by atoms with van der Waals surface area (Å²) in [4.78, 5) is 29.5. The first-order valence-corrected chi connectivity index (χ1v) is 11.0. The van der Waals surface area contributed by atoms with Crippen LogP contribution in [-0.2, 0) is 9.59 Å². The van der Waals surface area contributed by atoms with Crippen molar-refractivity contribution in [2.45, 2.75) is 31.3 Å². The summed E-state index contributed by atoms with van der Waals surface area (Å²) in [5.74, 6) is 0.372. The Kier molecular flexibility index (Phi) is 6.37. The molecule has 0 aromatic heterocycles. The van der Waals surface area contributed by atoms with Gasteiger partial charge in [-0.15, -0.1) is 0 Å². The summed E-state index contributed by atoms with van der Waals surface area (Å²) < 4.78 is 5.23. The van der Waals surface area contributed by atoms with Crippen LogP contribution >= 0.6 is 11.6 Å². The number of benzene rings is 2. The van der Waals surface area contributed by atoms with Gasteiger partial charge in [-0.2, -0.15) is 0 Å². The number of hydrogen-bond acceptors (Lipinski definition) is 4. The van der Waals surface area contributed by atoms with E-state index >= 15 is 0 Å². The number of rotatable bonds is 5. The highest BCUT2D eigenvalue weighted by Crippen LogP contribution is 2.38. The van der Waals surface area contributed by atoms with Crippen LogP contribution in [0.1, 0.15) is 30.9 Å². The fourth-order valence-corrected chi connectivity index (χ4v) is 4.83. The molecule has 1 N–H and O–H groups in total. The van der Waals surface area contributed by atoms with Crippen LogP contribution in [0.4, 0.5) is 5.69 Å². The molecule has 0 radical (unpaired) electrons. The highest BCUT2D eigenvalue weighted by atomic mass is 35.5. The van der Waals surface area contributed by atoms with Gasteiger partial charge in [0.05, 0.1) is 19.1 Å². The highest BCUT2D eigenvalue weighted by molar-refractivity contribution is 6.30. The Morgan fingerprint density at radius 1 is 1.13 bits per heavy atom. The maximum absolute atomic E-state index is 13.1. The number of ether oxygens (including phenoxy) is 1. The van der Waals surface area contributed by atoms with E-state index in [0.717, 1.165) is 42.9 Å². The number of carbonyl (C=O) groups excluding carboxylic acids is 2. The van der Waals surface area contributed by atoms with Crippen molar-refractivity contribution < 1.29 is 14.3 Å². The zero-order valence-corrected chi connectivity index (χ0v) is 18.6. The molecule has 0 aliphatic carbocycles. The molecule has 0 saturated carbocycles. The minimum Gasteiger partial charge on any atom is -0.497 e. The minimum absolute atomic E-state index is 0.0144. The lowest BCUT2D eigenvalue weighted by atomic mass is 9.92. The lowest BCUT2D eigenvalue weighted by Gasteiger charge is -2.35. The number of likely N-dealkylation sites (tertiary alicyclic amines) is 1. The summed E-state index contributed by atoms with van der Waals surface area (Å²) >= 11 is 6.16. The van der Waals surface area contributed by atoms with Gasteiger partial charge in [-0.1, -0.05) is 23.7 Å². The number of hydrogen-bond donors (Lipinski definition) is 1. The second kappa shape index (κ2) is 9.18. The van der Waals surface area contributed by atoms with E-state index in [1.807, 2.05) is 30.3 Å². The summed E-state index contributed by atoms with van der Waals surface area (Å²) in [6.45, 7) is 1.75. The van der Waals surface area contributed by atoms with Crippen molar-refractivity contribution in [3.63, 3.8) is 0 Å². The topological polar surface area (TPSA) is 61.9 Å². The van der Waals surface area contributed by atoms with Crippen LogP contribution in [0.15, 0.2) is 48.5 Å². The first kappa shape index (κ1) is 21.5. The molecule has 2 atom stereocenters. The van der Waals surface area contributed by atoms with Crippen LogP contribution in [0.25, 0.3) is 0 Å². The summed E-state index contributed by atoms with van der Waals surface area (Å²) in [6, 6.07) is 15.3. The molecular weight excluding hydrogens is 414 g/mol. The Morgan fingerprint density at radius 2 is 1.84 bits per heavy atom. The summed E-state index contributed by atoms with van der Waals surface area (Å²) in [5, 5.41) is 3.82. The largest absolute Gasteiger partial charge is 0.497 e. The monoisotopic (exact) mass is 441 g/mol. The molecule has 2 heterocycles. The average molecular weight is 442 g/mol. The Hall–Kier alpha value is -2.73. The quantitative estimate of drug-likeness (QED) is 0.769. The van der Waals surface area contributed by atoms with Gasteiger partial charge >= 0.3 is 0 Å². The molecule has 2 unspecified atom stereocenters. The highest BCUT2D eigenvalue weighted by Gasteiger charge is 2.43. The molecular formula is C24H28ClN3O3. The van der Waals surface area contributed by atoms with Crippen LogP contribution in [-0.4, -0.2) is 50.0 Å². The third-order valence-corrected chi connectivity index (χ3v) is 6.63. The van der Waals surface area contributed by atoms with Gasteiger partial charge in [0, 0.05) is 43.3 Å². The second-order valence-corrected chi connectivity index (χ2v) is 8.72. The van der Waals surface area contributed by atoms with Gasteiger partial charge in [-0.05, 0) is 54.8 Å². The van der Waals surface area contributed by atoms with Crippen molar-refractivity contribution in [2.75, 3.05) is 32.1 Å². The first-order chi connectivity index (χ1) is 15.0. The molecule has 4 rings (SSSR count). The Labute approximate surface area is 188 Å². The predicted octanol–water partition coefficient (Wildman–Crippen LogP) is 3.65. The van der Waals surface area contributed by atoms with Crippen molar-refractivity contribution in [1.29, 1.82) is 0 Å². The van der Waals surface area contributed by atoms with Gasteiger partial charge in [0.25, 0.3) is 0 Å². The number of methoxy groups -OCH3 is 1. The predicted molar refractivity (Wildman–Crippen MR) is 121 cm³/mol. The van der Waals surface area contributed by atoms with E-state index < -0.39 is 5.92 Å². The fourth-order valence-electron chi connectivity index (χ4n) is 4.63. The lowest BCUT2D eigenvalue weighted by Crippen LogP contribution is -2.47. The number of amides is 2. The number of halogens is 1. The van der Waals surface area contributed by atoms with E-state index in [4.69, 9.17) is 16.3 Å². The molecule has 2 amide bonds. The smallest absolute Gasteiger partial charge is 0.226 e. The number of anilines is 1. The third-order valence-electron chi connectivity index (χ3n) is 6.39.